The second-order valence-corrected chi connectivity index (χ2v) is 13.8. The zero-order chi connectivity index (χ0) is 33.7. The summed E-state index contributed by atoms with van der Waals surface area (Å²) >= 11 is 0. The van der Waals surface area contributed by atoms with Gasteiger partial charge in [-0.2, -0.15) is 0 Å². The Kier molecular flexibility index (Phi) is 18.8. The van der Waals surface area contributed by atoms with Crippen LogP contribution < -0.4 is 10.2 Å². The summed E-state index contributed by atoms with van der Waals surface area (Å²) in [6.07, 6.45) is 5.27. The number of carbonyl (C=O) groups excluding carboxylic acids is 2. The van der Waals surface area contributed by atoms with Gasteiger partial charge in [-0.1, -0.05) is 81.4 Å². The molecule has 247 valence electrons. The van der Waals surface area contributed by atoms with Crippen molar-refractivity contribution in [2.45, 2.75) is 108 Å². The van der Waals surface area contributed by atoms with Crippen LogP contribution in [0, 0.1) is 10.8 Å². The van der Waals surface area contributed by atoms with E-state index in [0.717, 1.165) is 48.9 Å². The molecule has 0 spiro atoms. The Morgan fingerprint density at radius 2 is 0.977 bits per heavy atom. The summed E-state index contributed by atoms with van der Waals surface area (Å²) in [7, 11) is 0. The average Bonchev–Trinajstić information content (AvgIpc) is 2.79. The molecule has 0 amide bonds. The summed E-state index contributed by atoms with van der Waals surface area (Å²) in [5.74, 6) is -1.14. The largest absolute Gasteiger partial charge is 2.00 e. The van der Waals surface area contributed by atoms with Gasteiger partial charge in [0.1, 0.15) is 18.2 Å². The molecular weight excluding hydrogens is 603 g/mol. The molecule has 44 heavy (non-hydrogen) atoms. The molecule has 0 fully saturated rings. The van der Waals surface area contributed by atoms with Crippen LogP contribution in [0.4, 0.5) is 0 Å². The number of carbonyl (C=O) groups is 2. The summed E-state index contributed by atoms with van der Waals surface area (Å²) < 4.78 is 0. The van der Waals surface area contributed by atoms with Crippen molar-refractivity contribution in [3.8, 4) is 11.5 Å². The smallest absolute Gasteiger partial charge is 0.550 e. The van der Waals surface area contributed by atoms with Crippen molar-refractivity contribution in [3.63, 3.8) is 0 Å². The first-order valence-corrected chi connectivity index (χ1v) is 14.6. The molecule has 2 aromatic rings. The second kappa shape index (κ2) is 19.3. The topological polar surface area (TPSA) is 145 Å². The molecule has 0 atom stereocenters. The van der Waals surface area contributed by atoms with E-state index in [1.807, 2.05) is 12.1 Å². The fraction of sp³-hybridized carbons (Fsp3) is 0.543. The molecule has 0 saturated heterocycles. The fourth-order valence-corrected chi connectivity index (χ4v) is 4.32. The maximum Gasteiger partial charge on any atom is 2.00 e. The fourth-order valence-electron chi connectivity index (χ4n) is 4.32. The minimum absolute atomic E-state index is 0. The van der Waals surface area contributed by atoms with Crippen LogP contribution in [0.2, 0.25) is 0 Å². The zero-order valence-electron chi connectivity index (χ0n) is 28.5. The predicted octanol–water partition coefficient (Wildman–Crippen LogP) is 5.53. The van der Waals surface area contributed by atoms with E-state index in [1.54, 1.807) is 12.4 Å². The van der Waals surface area contributed by atoms with E-state index in [1.165, 1.54) is 11.1 Å². The Balaban J connectivity index is 0. The van der Waals surface area contributed by atoms with Crippen molar-refractivity contribution in [2.75, 3.05) is 6.67 Å². The zero-order valence-corrected chi connectivity index (χ0v) is 29.5. The predicted molar refractivity (Wildman–Crippen MR) is 172 cm³/mol. The minimum Gasteiger partial charge on any atom is -0.550 e. The molecule has 8 nitrogen and oxygen atoms in total. The number of carboxylic acids is 2. The van der Waals surface area contributed by atoms with Crippen molar-refractivity contribution in [2.24, 2.45) is 20.8 Å². The van der Waals surface area contributed by atoms with Crippen LogP contribution in [-0.2, 0) is 39.2 Å². The molecule has 0 heterocycles. The monoisotopic (exact) mass is 655 g/mol. The molecular formula is C35H52CoN2O6. The quantitative estimate of drug-likeness (QED) is 0.358. The summed E-state index contributed by atoms with van der Waals surface area (Å²) in [5, 5.41) is 39.4. The normalized spacial score (nSPS) is 11.6. The number of hydrogen-bond acceptors (Lipinski definition) is 8. The maximum atomic E-state index is 10.8. The molecule has 2 aromatic carbocycles. The summed E-state index contributed by atoms with van der Waals surface area (Å²) in [6, 6.07) is 8.27. The molecule has 0 aliphatic heterocycles. The third kappa shape index (κ3) is 18.5. The maximum absolute atomic E-state index is 10.8. The van der Waals surface area contributed by atoms with Gasteiger partial charge in [0.05, 0.1) is 0 Å². The van der Waals surface area contributed by atoms with Crippen molar-refractivity contribution < 1.29 is 46.8 Å². The van der Waals surface area contributed by atoms with Gasteiger partial charge in [-0.25, -0.2) is 0 Å². The van der Waals surface area contributed by atoms with Gasteiger partial charge in [0.2, 0.25) is 0 Å². The van der Waals surface area contributed by atoms with Crippen molar-refractivity contribution in [3.05, 3.63) is 57.6 Å². The van der Waals surface area contributed by atoms with Gasteiger partial charge >= 0.3 is 16.8 Å². The number of aliphatic carboxylic acids is 2. The van der Waals surface area contributed by atoms with Crippen LogP contribution in [0.1, 0.15) is 128 Å². The minimum atomic E-state index is -1.08. The number of nitrogens with zero attached hydrogens (tertiary/aromatic N) is 2. The van der Waals surface area contributed by atoms with E-state index < -0.39 is 11.9 Å². The van der Waals surface area contributed by atoms with Gasteiger partial charge < -0.3 is 30.0 Å². The number of aromatic hydroxyl groups is 2. The van der Waals surface area contributed by atoms with Crippen LogP contribution in [0.15, 0.2) is 34.3 Å². The third-order valence-electron chi connectivity index (χ3n) is 5.79. The second-order valence-electron chi connectivity index (χ2n) is 13.8. The first kappa shape index (κ1) is 43.0. The van der Waals surface area contributed by atoms with E-state index in [9.17, 15) is 10.2 Å². The molecule has 0 bridgehead atoms. The Morgan fingerprint density at radius 3 is 1.20 bits per heavy atom. The molecule has 0 saturated carbocycles. The van der Waals surface area contributed by atoms with E-state index >= 15 is 0 Å². The van der Waals surface area contributed by atoms with Gasteiger partial charge in [0.25, 0.3) is 0 Å². The number of rotatable bonds is 8. The Bertz CT molecular complexity index is 1160. The van der Waals surface area contributed by atoms with Crippen LogP contribution in [0.3, 0.4) is 0 Å². The first-order valence-electron chi connectivity index (χ1n) is 14.6. The molecule has 9 heteroatoms. The van der Waals surface area contributed by atoms with E-state index in [4.69, 9.17) is 19.8 Å². The molecule has 1 radical (unpaired) electrons. The van der Waals surface area contributed by atoms with Crippen molar-refractivity contribution in [1.82, 2.24) is 0 Å². The first-order chi connectivity index (χ1) is 19.5. The van der Waals surface area contributed by atoms with Gasteiger partial charge in [-0.3, -0.25) is 9.98 Å². The van der Waals surface area contributed by atoms with Gasteiger partial charge in [-0.15, -0.1) is 0 Å². The number of benzene rings is 2. The van der Waals surface area contributed by atoms with Crippen LogP contribution in [0.5, 0.6) is 11.5 Å². The van der Waals surface area contributed by atoms with Gasteiger partial charge in [0, 0.05) is 35.5 Å². The van der Waals surface area contributed by atoms with Crippen molar-refractivity contribution >= 4 is 24.4 Å². The van der Waals surface area contributed by atoms with E-state index in [-0.39, 0.29) is 46.1 Å². The molecule has 0 aliphatic carbocycles. The van der Waals surface area contributed by atoms with E-state index in [2.05, 4.69) is 91.4 Å². The van der Waals surface area contributed by atoms with Gasteiger partial charge in [0.15, 0.2) is 0 Å². The summed E-state index contributed by atoms with van der Waals surface area (Å²) in [5.41, 5.74) is 6.05. The average molecular weight is 656 g/mol. The van der Waals surface area contributed by atoms with Crippen LogP contribution in [0.25, 0.3) is 0 Å². The SMILES string of the molecule is CC(=O)[O-].CC(=O)[O-].CC(C)c1cc(CC(C)(C)C)cc(C=NCN=Cc2cc(CC(C)(C)C)cc(C(C)C)c2O)c1O.[Co+2]. The summed E-state index contributed by atoms with van der Waals surface area (Å²) in [6.45, 7) is 23.8. The molecule has 2 rings (SSSR count). The Morgan fingerprint density at radius 1 is 0.705 bits per heavy atom. The van der Waals surface area contributed by atoms with E-state index in [0.29, 0.717) is 11.5 Å². The van der Waals surface area contributed by atoms with Gasteiger partial charge in [-0.05, 0) is 83.7 Å². The van der Waals surface area contributed by atoms with Crippen LogP contribution in [-0.4, -0.2) is 41.2 Å². The number of carboxylic acid groups (broad SMARTS) is 2. The number of aliphatic imine (C=N–C) groups is 2. The Labute approximate surface area is 275 Å². The Hall–Kier alpha value is -3.17. The number of phenols is 2. The molecule has 0 aliphatic rings. The van der Waals surface area contributed by atoms with Crippen LogP contribution >= 0.6 is 0 Å². The number of hydrogen-bond donors (Lipinski definition) is 2. The third-order valence-corrected chi connectivity index (χ3v) is 5.79. The standard InChI is InChI=1S/C31H46N2O2.2C2H4O2.Co/c1-20(2)26-13-22(15-30(5,6)7)11-24(28(26)34)17-32-19-33-18-25-12-23(16-31(8,9)10)14-27(21(3)4)29(25)35;2*1-2(3)4;/h11-14,17-18,20-21,34-35H,15-16,19H2,1-10H3;2*1H3,(H,3,4);/q;;;+2/p-2. The molecule has 0 aromatic heterocycles. The molecule has 0 unspecified atom stereocenters. The van der Waals surface area contributed by atoms with Crippen molar-refractivity contribution in [1.29, 1.82) is 0 Å². The summed E-state index contributed by atoms with van der Waals surface area (Å²) in [4.78, 5) is 26.7. The molecule has 2 N–H and O–H groups in total. The number of phenolic OH excluding ortho intramolecular Hbond substituents is 2.